The number of halogens is 1. The van der Waals surface area contributed by atoms with Crippen molar-refractivity contribution < 1.29 is 14.4 Å². The van der Waals surface area contributed by atoms with E-state index in [-0.39, 0.29) is 30.7 Å². The van der Waals surface area contributed by atoms with Crippen LogP contribution in [-0.2, 0) is 14.4 Å². The monoisotopic (exact) mass is 395 g/mol. The van der Waals surface area contributed by atoms with Crippen LogP contribution in [0.3, 0.4) is 0 Å². The van der Waals surface area contributed by atoms with E-state index in [0.717, 1.165) is 15.7 Å². The second kappa shape index (κ2) is 7.79. The summed E-state index contributed by atoms with van der Waals surface area (Å²) in [4.78, 5) is 39.6. The maximum Gasteiger partial charge on any atom is 0.239 e. The lowest BCUT2D eigenvalue weighted by Crippen LogP contribution is -2.43. The zero-order chi connectivity index (χ0) is 17.9. The van der Waals surface area contributed by atoms with Gasteiger partial charge in [-0.05, 0) is 37.6 Å². The van der Waals surface area contributed by atoms with Gasteiger partial charge < -0.3 is 15.1 Å². The highest BCUT2D eigenvalue weighted by molar-refractivity contribution is 9.10. The van der Waals surface area contributed by atoms with Crippen molar-refractivity contribution in [2.75, 3.05) is 31.6 Å². The van der Waals surface area contributed by atoms with Gasteiger partial charge in [0.1, 0.15) is 0 Å². The Bertz CT molecular complexity index is 662. The predicted molar refractivity (Wildman–Crippen MR) is 95.7 cm³/mol. The lowest BCUT2D eigenvalue weighted by molar-refractivity contribution is -0.139. The minimum absolute atomic E-state index is 0.0217. The highest BCUT2D eigenvalue weighted by Gasteiger charge is 2.37. The number of amides is 3. The lowest BCUT2D eigenvalue weighted by Gasteiger charge is -2.23. The van der Waals surface area contributed by atoms with Crippen LogP contribution in [0.25, 0.3) is 0 Å². The Hall–Kier alpha value is -1.89. The number of benzene rings is 1. The average molecular weight is 396 g/mol. The third kappa shape index (κ3) is 3.95. The summed E-state index contributed by atoms with van der Waals surface area (Å²) in [6.07, 6.45) is 0.179. The van der Waals surface area contributed by atoms with Crippen molar-refractivity contribution in [2.45, 2.75) is 20.3 Å². The number of anilines is 1. The van der Waals surface area contributed by atoms with Crippen LogP contribution in [0.2, 0.25) is 0 Å². The zero-order valence-electron chi connectivity index (χ0n) is 14.1. The molecule has 130 valence electrons. The molecule has 0 spiro atoms. The molecule has 6 nitrogen and oxygen atoms in total. The number of hydrogen-bond donors (Lipinski definition) is 1. The molecule has 7 heteroatoms. The van der Waals surface area contributed by atoms with E-state index in [9.17, 15) is 14.4 Å². The molecule has 1 atom stereocenters. The van der Waals surface area contributed by atoms with Crippen LogP contribution < -0.4 is 10.2 Å². The van der Waals surface area contributed by atoms with Gasteiger partial charge in [0.25, 0.3) is 0 Å². The molecule has 0 aromatic heterocycles. The normalized spacial score (nSPS) is 17.1. The summed E-state index contributed by atoms with van der Waals surface area (Å²) in [6, 6.07) is 5.69. The zero-order valence-corrected chi connectivity index (χ0v) is 15.7. The van der Waals surface area contributed by atoms with Crippen LogP contribution in [0.4, 0.5) is 5.69 Å². The van der Waals surface area contributed by atoms with Gasteiger partial charge in [-0.3, -0.25) is 14.4 Å². The first-order chi connectivity index (χ1) is 11.4. The second-order valence-electron chi connectivity index (χ2n) is 5.86. The molecule has 0 saturated carbocycles. The Morgan fingerprint density at radius 3 is 2.71 bits per heavy atom. The van der Waals surface area contributed by atoms with Crippen LogP contribution in [0.1, 0.15) is 18.9 Å². The first kappa shape index (κ1) is 18.4. The molecule has 1 aliphatic rings. The number of carbonyl (C=O) groups excluding carboxylic acids is 3. The van der Waals surface area contributed by atoms with E-state index < -0.39 is 5.92 Å². The van der Waals surface area contributed by atoms with Gasteiger partial charge in [0, 0.05) is 36.7 Å². The molecule has 1 saturated heterocycles. The van der Waals surface area contributed by atoms with Gasteiger partial charge in [0.15, 0.2) is 0 Å². The number of aryl methyl sites for hydroxylation is 1. The van der Waals surface area contributed by atoms with Crippen molar-refractivity contribution in [1.29, 1.82) is 0 Å². The first-order valence-electron chi connectivity index (χ1n) is 7.93. The number of likely N-dealkylation sites (N-methyl/N-ethyl adjacent to an activating group) is 2. The molecule has 1 aliphatic heterocycles. The SMILES string of the molecule is CCN(CC(=O)NC)C(=O)C1CC(=O)N(c2ccc(Br)c(C)c2)C1. The Labute approximate surface area is 150 Å². The minimum Gasteiger partial charge on any atom is -0.358 e. The molecule has 0 aliphatic carbocycles. The van der Waals surface area contributed by atoms with Gasteiger partial charge in [-0.25, -0.2) is 0 Å². The summed E-state index contributed by atoms with van der Waals surface area (Å²) in [5.41, 5.74) is 1.83. The molecule has 1 unspecified atom stereocenters. The second-order valence-corrected chi connectivity index (χ2v) is 6.72. The van der Waals surface area contributed by atoms with Gasteiger partial charge in [-0.15, -0.1) is 0 Å². The highest BCUT2D eigenvalue weighted by atomic mass is 79.9. The molecule has 0 bridgehead atoms. The van der Waals surface area contributed by atoms with Crippen LogP contribution in [-0.4, -0.2) is 49.3 Å². The summed E-state index contributed by atoms with van der Waals surface area (Å²) in [6.45, 7) is 4.59. The predicted octanol–water partition coefficient (Wildman–Crippen LogP) is 1.70. The van der Waals surface area contributed by atoms with Crippen LogP contribution in [0.5, 0.6) is 0 Å². The molecule has 2 rings (SSSR count). The molecule has 1 aromatic carbocycles. The van der Waals surface area contributed by atoms with Gasteiger partial charge in [0.05, 0.1) is 12.5 Å². The van der Waals surface area contributed by atoms with Crippen molar-refractivity contribution in [2.24, 2.45) is 5.92 Å². The smallest absolute Gasteiger partial charge is 0.239 e. The number of rotatable bonds is 5. The van der Waals surface area contributed by atoms with Crippen LogP contribution >= 0.6 is 15.9 Å². The van der Waals surface area contributed by atoms with Gasteiger partial charge in [-0.2, -0.15) is 0 Å². The topological polar surface area (TPSA) is 69.7 Å². The number of nitrogens with zero attached hydrogens (tertiary/aromatic N) is 2. The number of nitrogens with one attached hydrogen (secondary N) is 1. The summed E-state index contributed by atoms with van der Waals surface area (Å²) in [5.74, 6) is -0.835. The summed E-state index contributed by atoms with van der Waals surface area (Å²) >= 11 is 3.44. The third-order valence-electron chi connectivity index (χ3n) is 4.23. The number of hydrogen-bond acceptors (Lipinski definition) is 3. The molecular weight excluding hydrogens is 374 g/mol. The number of carbonyl (C=O) groups is 3. The summed E-state index contributed by atoms with van der Waals surface area (Å²) in [7, 11) is 1.54. The fourth-order valence-corrected chi connectivity index (χ4v) is 3.02. The van der Waals surface area contributed by atoms with E-state index in [4.69, 9.17) is 0 Å². The molecule has 1 N–H and O–H groups in total. The van der Waals surface area contributed by atoms with Gasteiger partial charge >= 0.3 is 0 Å². The average Bonchev–Trinajstić information content (AvgIpc) is 2.96. The standard InChI is InChI=1S/C17H22BrN3O3/c1-4-20(10-15(22)19-3)17(24)12-8-16(23)21(9-12)13-5-6-14(18)11(2)7-13/h5-7,12H,4,8-10H2,1-3H3,(H,19,22). The van der Waals surface area contributed by atoms with E-state index in [1.165, 1.54) is 11.9 Å². The molecule has 3 amide bonds. The Morgan fingerprint density at radius 2 is 2.12 bits per heavy atom. The third-order valence-corrected chi connectivity index (χ3v) is 5.12. The maximum atomic E-state index is 12.6. The molecule has 1 heterocycles. The van der Waals surface area contributed by atoms with E-state index in [1.807, 2.05) is 32.0 Å². The minimum atomic E-state index is -0.411. The Morgan fingerprint density at radius 1 is 1.42 bits per heavy atom. The maximum absolute atomic E-state index is 12.6. The van der Waals surface area contributed by atoms with E-state index in [1.54, 1.807) is 4.90 Å². The fraction of sp³-hybridized carbons (Fsp3) is 0.471. The molecule has 1 aromatic rings. The van der Waals surface area contributed by atoms with Crippen LogP contribution in [0, 0.1) is 12.8 Å². The molecule has 24 heavy (non-hydrogen) atoms. The van der Waals surface area contributed by atoms with Crippen molar-refractivity contribution >= 4 is 39.3 Å². The van der Waals surface area contributed by atoms with Crippen molar-refractivity contribution in [3.05, 3.63) is 28.2 Å². The van der Waals surface area contributed by atoms with E-state index in [2.05, 4.69) is 21.2 Å². The quantitative estimate of drug-likeness (QED) is 0.824. The Kier molecular flexibility index (Phi) is 5.99. The van der Waals surface area contributed by atoms with Crippen molar-refractivity contribution in [1.82, 2.24) is 10.2 Å². The highest BCUT2D eigenvalue weighted by Crippen LogP contribution is 2.29. The van der Waals surface area contributed by atoms with Crippen molar-refractivity contribution in [3.63, 3.8) is 0 Å². The van der Waals surface area contributed by atoms with E-state index >= 15 is 0 Å². The summed E-state index contributed by atoms with van der Waals surface area (Å²) < 4.78 is 0.980. The largest absolute Gasteiger partial charge is 0.358 e. The first-order valence-corrected chi connectivity index (χ1v) is 8.72. The van der Waals surface area contributed by atoms with Gasteiger partial charge in [0.2, 0.25) is 17.7 Å². The molecular formula is C17H22BrN3O3. The lowest BCUT2D eigenvalue weighted by atomic mass is 10.1. The van der Waals surface area contributed by atoms with Crippen LogP contribution in [0.15, 0.2) is 22.7 Å². The van der Waals surface area contributed by atoms with Gasteiger partial charge in [-0.1, -0.05) is 15.9 Å². The molecule has 0 radical (unpaired) electrons. The Balaban J connectivity index is 2.11. The molecule has 1 fully saturated rings. The van der Waals surface area contributed by atoms with Crippen molar-refractivity contribution in [3.8, 4) is 0 Å². The van der Waals surface area contributed by atoms with E-state index in [0.29, 0.717) is 13.1 Å². The fourth-order valence-electron chi connectivity index (χ4n) is 2.78. The summed E-state index contributed by atoms with van der Waals surface area (Å²) in [5, 5.41) is 2.52.